The number of ether oxygens (including phenoxy) is 1. The minimum atomic E-state index is -1.06. The molecule has 0 aromatic rings. The molecule has 0 aliphatic rings. The van der Waals surface area contributed by atoms with E-state index in [1.807, 2.05) is 12.2 Å². The molecule has 1 amide bonds. The largest absolute Gasteiger partial charge is 0.480 e. The molecule has 0 aromatic carbocycles. The van der Waals surface area contributed by atoms with Crippen molar-refractivity contribution in [3.8, 4) is 0 Å². The van der Waals surface area contributed by atoms with Crippen LogP contribution in [0.15, 0.2) is 72.9 Å². The number of amides is 1. The second-order valence-corrected chi connectivity index (χ2v) is 12.8. The van der Waals surface area contributed by atoms with E-state index in [0.29, 0.717) is 25.7 Å². The Balaban J connectivity index is 4.34. The lowest BCUT2D eigenvalue weighted by molar-refractivity contribution is -0.147. The first-order chi connectivity index (χ1) is 24.0. The van der Waals surface area contributed by atoms with Gasteiger partial charge in [-0.05, 0) is 89.5 Å². The van der Waals surface area contributed by atoms with E-state index in [1.165, 1.54) is 64.2 Å². The summed E-state index contributed by atoms with van der Waals surface area (Å²) in [4.78, 5) is 35.1. The number of hydrogen-bond donors (Lipinski definition) is 2. The van der Waals surface area contributed by atoms with E-state index in [2.05, 4.69) is 79.9 Å². The van der Waals surface area contributed by atoms with Gasteiger partial charge >= 0.3 is 11.9 Å². The van der Waals surface area contributed by atoms with Crippen LogP contribution in [-0.4, -0.2) is 35.6 Å². The van der Waals surface area contributed by atoms with Gasteiger partial charge in [-0.3, -0.25) is 14.4 Å². The summed E-state index contributed by atoms with van der Waals surface area (Å²) in [6.07, 6.45) is 50.3. The van der Waals surface area contributed by atoms with E-state index < -0.39 is 5.97 Å². The standard InChI is InChI=1S/C43H71NO5/c1-3-5-7-9-11-13-15-17-19-20-22-24-26-28-30-32-38-43(48)49-40(36-33-34-37-41(45)44-39-42(46)47)35-31-29-27-25-23-21-18-16-14-12-10-8-6-4-2/h6,8,12,14,18-21,25,27,31,35,40H,3-5,7,9-11,13,15-17,22-24,26,28-30,32-34,36-39H2,1-2H3,(H,44,45)(H,46,47)/b8-6-,14-12-,20-19-,21-18-,27-25-,35-31-. The molecule has 0 rings (SSSR count). The third-order valence-corrected chi connectivity index (χ3v) is 8.10. The fourth-order valence-electron chi connectivity index (χ4n) is 5.22. The number of nitrogens with one attached hydrogen (secondary N) is 1. The van der Waals surface area contributed by atoms with Crippen molar-refractivity contribution in [1.29, 1.82) is 0 Å². The minimum Gasteiger partial charge on any atom is -0.480 e. The number of carbonyl (C=O) groups is 3. The number of carbonyl (C=O) groups excluding carboxylic acids is 2. The molecule has 6 nitrogen and oxygen atoms in total. The highest BCUT2D eigenvalue weighted by Crippen LogP contribution is 2.14. The second kappa shape index (κ2) is 37.7. The molecule has 0 spiro atoms. The Kier molecular flexibility index (Phi) is 35.2. The Bertz CT molecular complexity index is 975. The zero-order valence-corrected chi connectivity index (χ0v) is 31.3. The van der Waals surface area contributed by atoms with Crippen LogP contribution in [-0.2, 0) is 19.1 Å². The quantitative estimate of drug-likeness (QED) is 0.0400. The molecule has 0 aliphatic heterocycles. The number of unbranched alkanes of at least 4 members (excludes halogenated alkanes) is 13. The molecular weight excluding hydrogens is 610 g/mol. The van der Waals surface area contributed by atoms with Crippen LogP contribution < -0.4 is 5.32 Å². The van der Waals surface area contributed by atoms with Gasteiger partial charge in [0.15, 0.2) is 0 Å². The predicted molar refractivity (Wildman–Crippen MR) is 208 cm³/mol. The molecule has 1 atom stereocenters. The highest BCUT2D eigenvalue weighted by atomic mass is 16.5. The van der Waals surface area contributed by atoms with E-state index in [9.17, 15) is 14.4 Å². The molecule has 0 aromatic heterocycles. The van der Waals surface area contributed by atoms with Crippen LogP contribution in [0.25, 0.3) is 0 Å². The maximum atomic E-state index is 12.6. The summed E-state index contributed by atoms with van der Waals surface area (Å²) < 4.78 is 5.82. The Hall–Kier alpha value is -3.15. The van der Waals surface area contributed by atoms with Crippen molar-refractivity contribution in [3.05, 3.63) is 72.9 Å². The zero-order chi connectivity index (χ0) is 35.9. The molecule has 6 heteroatoms. The average Bonchev–Trinajstić information content (AvgIpc) is 3.08. The van der Waals surface area contributed by atoms with Crippen LogP contribution >= 0.6 is 0 Å². The fraction of sp³-hybridized carbons (Fsp3) is 0.651. The molecule has 1 unspecified atom stereocenters. The lowest BCUT2D eigenvalue weighted by atomic mass is 10.1. The van der Waals surface area contributed by atoms with Crippen LogP contribution in [0.1, 0.15) is 168 Å². The third kappa shape index (κ3) is 37.5. The van der Waals surface area contributed by atoms with Crippen molar-refractivity contribution in [2.24, 2.45) is 0 Å². The van der Waals surface area contributed by atoms with Gasteiger partial charge in [0.2, 0.25) is 5.91 Å². The molecular formula is C43H71NO5. The highest BCUT2D eigenvalue weighted by molar-refractivity contribution is 5.80. The fourth-order valence-corrected chi connectivity index (χ4v) is 5.22. The van der Waals surface area contributed by atoms with Gasteiger partial charge in [-0.15, -0.1) is 0 Å². The molecule has 0 aliphatic carbocycles. The normalized spacial score (nSPS) is 12.9. The van der Waals surface area contributed by atoms with Crippen LogP contribution in [0.5, 0.6) is 0 Å². The van der Waals surface area contributed by atoms with Gasteiger partial charge in [0.25, 0.3) is 0 Å². The second-order valence-electron chi connectivity index (χ2n) is 12.8. The van der Waals surface area contributed by atoms with E-state index in [-0.39, 0.29) is 30.9 Å². The highest BCUT2D eigenvalue weighted by Gasteiger charge is 2.12. The first kappa shape index (κ1) is 45.9. The third-order valence-electron chi connectivity index (χ3n) is 8.10. The lowest BCUT2D eigenvalue weighted by Crippen LogP contribution is -2.28. The predicted octanol–water partition coefficient (Wildman–Crippen LogP) is 11.8. The number of hydrogen-bond acceptors (Lipinski definition) is 4. The molecule has 2 N–H and O–H groups in total. The Morgan fingerprint density at radius 3 is 1.61 bits per heavy atom. The van der Waals surface area contributed by atoms with Gasteiger partial charge in [0, 0.05) is 12.8 Å². The van der Waals surface area contributed by atoms with Gasteiger partial charge in [0.05, 0.1) is 0 Å². The van der Waals surface area contributed by atoms with Crippen molar-refractivity contribution >= 4 is 17.8 Å². The number of carboxylic acids is 1. The summed E-state index contributed by atoms with van der Waals surface area (Å²) in [5.41, 5.74) is 0. The Morgan fingerprint density at radius 2 is 1.06 bits per heavy atom. The lowest BCUT2D eigenvalue weighted by Gasteiger charge is -2.14. The molecule has 0 heterocycles. The molecule has 0 bridgehead atoms. The maximum Gasteiger partial charge on any atom is 0.322 e. The summed E-state index contributed by atoms with van der Waals surface area (Å²) in [5, 5.41) is 11.1. The van der Waals surface area contributed by atoms with Gasteiger partial charge in [-0.1, -0.05) is 138 Å². The molecule has 49 heavy (non-hydrogen) atoms. The number of rotatable bonds is 34. The van der Waals surface area contributed by atoms with Gasteiger partial charge in [-0.25, -0.2) is 0 Å². The Labute approximate surface area is 300 Å². The topological polar surface area (TPSA) is 92.7 Å². The summed E-state index contributed by atoms with van der Waals surface area (Å²) in [6.45, 7) is 4.04. The van der Waals surface area contributed by atoms with Crippen molar-refractivity contribution in [3.63, 3.8) is 0 Å². The van der Waals surface area contributed by atoms with E-state index in [4.69, 9.17) is 9.84 Å². The van der Waals surface area contributed by atoms with Gasteiger partial charge < -0.3 is 15.2 Å². The summed E-state index contributed by atoms with van der Waals surface area (Å²) in [5.74, 6) is -1.50. The van der Waals surface area contributed by atoms with Crippen LogP contribution in [0, 0.1) is 0 Å². The molecule has 278 valence electrons. The SMILES string of the molecule is CC/C=C\C/C=C\C/C=C\C/C=C\C/C=C\C(CCCCC(=O)NCC(=O)O)OC(=O)CCCCCCC/C=C\CCCCCCCCC. The molecule has 0 saturated carbocycles. The first-order valence-corrected chi connectivity index (χ1v) is 19.6. The average molecular weight is 682 g/mol. The monoisotopic (exact) mass is 682 g/mol. The maximum absolute atomic E-state index is 12.6. The molecule has 0 saturated heterocycles. The first-order valence-electron chi connectivity index (χ1n) is 19.6. The summed E-state index contributed by atoms with van der Waals surface area (Å²) in [7, 11) is 0. The zero-order valence-electron chi connectivity index (χ0n) is 31.3. The van der Waals surface area contributed by atoms with Crippen molar-refractivity contribution in [2.75, 3.05) is 6.54 Å². The summed E-state index contributed by atoms with van der Waals surface area (Å²) >= 11 is 0. The number of allylic oxidation sites excluding steroid dienone is 11. The van der Waals surface area contributed by atoms with Crippen molar-refractivity contribution < 1.29 is 24.2 Å². The number of carboxylic acid groups (broad SMARTS) is 1. The van der Waals surface area contributed by atoms with Crippen LogP contribution in [0.2, 0.25) is 0 Å². The molecule has 0 radical (unpaired) electrons. The minimum absolute atomic E-state index is 0.168. The number of aliphatic carboxylic acids is 1. The van der Waals surface area contributed by atoms with Gasteiger partial charge in [-0.2, -0.15) is 0 Å². The Morgan fingerprint density at radius 1 is 0.571 bits per heavy atom. The number of esters is 1. The van der Waals surface area contributed by atoms with Crippen LogP contribution in [0.4, 0.5) is 0 Å². The van der Waals surface area contributed by atoms with Gasteiger partial charge in [0.1, 0.15) is 12.6 Å². The van der Waals surface area contributed by atoms with Crippen molar-refractivity contribution in [1.82, 2.24) is 5.32 Å². The smallest absolute Gasteiger partial charge is 0.322 e. The molecule has 0 fully saturated rings. The van der Waals surface area contributed by atoms with Crippen molar-refractivity contribution in [2.45, 2.75) is 174 Å². The van der Waals surface area contributed by atoms with Crippen LogP contribution in [0.3, 0.4) is 0 Å². The summed E-state index contributed by atoms with van der Waals surface area (Å²) in [6, 6.07) is 0. The van der Waals surface area contributed by atoms with E-state index >= 15 is 0 Å². The van der Waals surface area contributed by atoms with E-state index in [0.717, 1.165) is 57.8 Å². The van der Waals surface area contributed by atoms with E-state index in [1.54, 1.807) is 0 Å².